The Morgan fingerprint density at radius 3 is 2.68 bits per heavy atom. The lowest BCUT2D eigenvalue weighted by Gasteiger charge is -2.07. The van der Waals surface area contributed by atoms with Crippen molar-refractivity contribution in [2.75, 3.05) is 5.32 Å². The predicted molar refractivity (Wildman–Crippen MR) is 105 cm³/mol. The topological polar surface area (TPSA) is 46.9 Å². The van der Waals surface area contributed by atoms with Crippen LogP contribution in [0, 0.1) is 13.8 Å². The third kappa shape index (κ3) is 3.78. The van der Waals surface area contributed by atoms with E-state index in [0.29, 0.717) is 15.7 Å². The molecule has 6 heteroatoms. The van der Waals surface area contributed by atoms with Crippen molar-refractivity contribution in [1.82, 2.24) is 9.55 Å². The highest BCUT2D eigenvalue weighted by molar-refractivity contribution is 7.14. The summed E-state index contributed by atoms with van der Waals surface area (Å²) in [4.78, 5) is 16.9. The molecule has 3 rings (SSSR count). The van der Waals surface area contributed by atoms with Gasteiger partial charge in [-0.05, 0) is 50.6 Å². The fourth-order valence-corrected chi connectivity index (χ4v) is 3.69. The maximum Gasteiger partial charge on any atom is 0.257 e. The quantitative estimate of drug-likeness (QED) is 0.637. The molecule has 1 N–H and O–H groups in total. The van der Waals surface area contributed by atoms with Crippen LogP contribution in [0.1, 0.15) is 35.1 Å². The lowest BCUT2D eigenvalue weighted by molar-refractivity contribution is 0.102. The van der Waals surface area contributed by atoms with Gasteiger partial charge in [0.05, 0.1) is 5.69 Å². The molecule has 0 atom stereocenters. The lowest BCUT2D eigenvalue weighted by atomic mass is 10.2. The van der Waals surface area contributed by atoms with Crippen molar-refractivity contribution in [3.05, 3.63) is 57.7 Å². The van der Waals surface area contributed by atoms with E-state index >= 15 is 0 Å². The van der Waals surface area contributed by atoms with E-state index in [0.717, 1.165) is 24.2 Å². The van der Waals surface area contributed by atoms with Crippen LogP contribution >= 0.6 is 22.9 Å². The molecule has 3 aromatic rings. The number of nitrogens with zero attached hydrogens (tertiary/aromatic N) is 2. The van der Waals surface area contributed by atoms with E-state index in [1.54, 1.807) is 24.3 Å². The molecule has 0 aliphatic heterocycles. The normalized spacial score (nSPS) is 10.9. The third-order valence-corrected chi connectivity index (χ3v) is 5.14. The molecule has 1 amide bonds. The van der Waals surface area contributed by atoms with Crippen LogP contribution in [0.25, 0.3) is 11.3 Å². The minimum Gasteiger partial charge on any atom is -0.348 e. The van der Waals surface area contributed by atoms with Gasteiger partial charge in [0, 0.05) is 39.5 Å². The monoisotopic (exact) mass is 373 g/mol. The van der Waals surface area contributed by atoms with Gasteiger partial charge in [0.1, 0.15) is 0 Å². The van der Waals surface area contributed by atoms with Gasteiger partial charge < -0.3 is 4.57 Å². The summed E-state index contributed by atoms with van der Waals surface area (Å²) in [6.07, 6.45) is 1.09. The fraction of sp³-hybridized carbons (Fsp3) is 0.263. The number of thiazole rings is 1. The molecule has 4 nitrogen and oxygen atoms in total. The number of hydrogen-bond acceptors (Lipinski definition) is 3. The standard InChI is InChI=1S/C19H20ClN3OS/c1-4-9-23-12(2)10-16(13(23)3)17-11-25-19(21-17)22-18(24)14-5-7-15(20)8-6-14/h5-8,10-11H,4,9H2,1-3H3,(H,21,22,24). The molecule has 2 heterocycles. The Kier molecular flexibility index (Phi) is 5.25. The van der Waals surface area contributed by atoms with Gasteiger partial charge in [-0.25, -0.2) is 4.98 Å². The van der Waals surface area contributed by atoms with E-state index in [9.17, 15) is 4.79 Å². The van der Waals surface area contributed by atoms with Crippen molar-refractivity contribution in [3.63, 3.8) is 0 Å². The highest BCUT2D eigenvalue weighted by Gasteiger charge is 2.14. The number of hydrogen-bond donors (Lipinski definition) is 1. The van der Waals surface area contributed by atoms with Crippen LogP contribution < -0.4 is 5.32 Å². The molecule has 0 unspecified atom stereocenters. The van der Waals surface area contributed by atoms with Crippen LogP contribution in [0.4, 0.5) is 5.13 Å². The zero-order chi connectivity index (χ0) is 18.0. The average molecular weight is 374 g/mol. The number of benzene rings is 1. The maximum atomic E-state index is 12.3. The summed E-state index contributed by atoms with van der Waals surface area (Å²) >= 11 is 7.28. The first-order valence-corrected chi connectivity index (χ1v) is 9.45. The molecular weight excluding hydrogens is 354 g/mol. The number of carbonyl (C=O) groups is 1. The van der Waals surface area contributed by atoms with Crippen LogP contribution in [0.3, 0.4) is 0 Å². The van der Waals surface area contributed by atoms with Crippen LogP contribution in [-0.2, 0) is 6.54 Å². The lowest BCUT2D eigenvalue weighted by Crippen LogP contribution is -2.11. The van der Waals surface area contributed by atoms with Gasteiger partial charge in [0.2, 0.25) is 0 Å². The minimum absolute atomic E-state index is 0.186. The van der Waals surface area contributed by atoms with Crippen molar-refractivity contribution in [1.29, 1.82) is 0 Å². The average Bonchev–Trinajstić information content (AvgIpc) is 3.15. The summed E-state index contributed by atoms with van der Waals surface area (Å²) in [5.41, 5.74) is 5.01. The van der Waals surface area contributed by atoms with Crippen LogP contribution in [0.5, 0.6) is 0 Å². The Hall–Kier alpha value is -2.11. The highest BCUT2D eigenvalue weighted by Crippen LogP contribution is 2.30. The molecule has 0 saturated heterocycles. The Labute approximate surface area is 156 Å². The zero-order valence-electron chi connectivity index (χ0n) is 14.5. The largest absolute Gasteiger partial charge is 0.348 e. The van der Waals surface area contributed by atoms with Crippen molar-refractivity contribution in [2.24, 2.45) is 0 Å². The number of aromatic nitrogens is 2. The Morgan fingerprint density at radius 2 is 2.00 bits per heavy atom. The molecule has 0 spiro atoms. The van der Waals surface area contributed by atoms with Crippen LogP contribution in [0.15, 0.2) is 35.7 Å². The Balaban J connectivity index is 1.80. The maximum absolute atomic E-state index is 12.3. The molecule has 0 aliphatic carbocycles. The summed E-state index contributed by atoms with van der Waals surface area (Å²) in [6.45, 7) is 7.40. The van der Waals surface area contributed by atoms with Crippen molar-refractivity contribution >= 4 is 34.0 Å². The van der Waals surface area contributed by atoms with Gasteiger partial charge >= 0.3 is 0 Å². The van der Waals surface area contributed by atoms with E-state index in [4.69, 9.17) is 11.6 Å². The second-order valence-corrected chi connectivity index (χ2v) is 7.23. The number of halogens is 1. The first kappa shape index (κ1) is 17.7. The van der Waals surface area contributed by atoms with Crippen LogP contribution in [0.2, 0.25) is 5.02 Å². The first-order chi connectivity index (χ1) is 12.0. The van der Waals surface area contributed by atoms with E-state index < -0.39 is 0 Å². The highest BCUT2D eigenvalue weighted by atomic mass is 35.5. The molecule has 130 valence electrons. The summed E-state index contributed by atoms with van der Waals surface area (Å²) in [7, 11) is 0. The molecule has 0 saturated carbocycles. The minimum atomic E-state index is -0.186. The smallest absolute Gasteiger partial charge is 0.257 e. The summed E-state index contributed by atoms with van der Waals surface area (Å²) in [5.74, 6) is -0.186. The molecule has 0 radical (unpaired) electrons. The van der Waals surface area contributed by atoms with Crippen molar-refractivity contribution < 1.29 is 4.79 Å². The third-order valence-electron chi connectivity index (χ3n) is 4.13. The van der Waals surface area contributed by atoms with Gasteiger partial charge in [-0.15, -0.1) is 11.3 Å². The van der Waals surface area contributed by atoms with Gasteiger partial charge in [-0.2, -0.15) is 0 Å². The summed E-state index contributed by atoms with van der Waals surface area (Å²) in [5, 5.41) is 6.03. The second kappa shape index (κ2) is 7.42. The SMILES string of the molecule is CCCn1c(C)cc(-c2csc(NC(=O)c3ccc(Cl)cc3)n2)c1C. The number of nitrogens with one attached hydrogen (secondary N) is 1. The molecular formula is C19H20ClN3OS. The number of amides is 1. The Bertz CT molecular complexity index is 896. The Morgan fingerprint density at radius 1 is 1.28 bits per heavy atom. The molecule has 0 fully saturated rings. The molecule has 2 aromatic heterocycles. The van der Waals surface area contributed by atoms with Crippen molar-refractivity contribution in [3.8, 4) is 11.3 Å². The summed E-state index contributed by atoms with van der Waals surface area (Å²) in [6, 6.07) is 8.96. The van der Waals surface area contributed by atoms with Gasteiger partial charge in [0.25, 0.3) is 5.91 Å². The predicted octanol–water partition coefficient (Wildman–Crippen LogP) is 5.54. The number of rotatable bonds is 5. The number of anilines is 1. The molecule has 1 aromatic carbocycles. The van der Waals surface area contributed by atoms with Crippen LogP contribution in [-0.4, -0.2) is 15.5 Å². The van der Waals surface area contributed by atoms with Crippen molar-refractivity contribution in [2.45, 2.75) is 33.7 Å². The molecule has 0 bridgehead atoms. The van der Waals surface area contributed by atoms with Gasteiger partial charge in [-0.3, -0.25) is 10.1 Å². The molecule has 25 heavy (non-hydrogen) atoms. The van der Waals surface area contributed by atoms with E-state index in [1.807, 2.05) is 5.38 Å². The van der Waals surface area contributed by atoms with Gasteiger partial charge in [-0.1, -0.05) is 18.5 Å². The zero-order valence-corrected chi connectivity index (χ0v) is 16.0. The van der Waals surface area contributed by atoms with E-state index in [2.05, 4.69) is 41.7 Å². The fourth-order valence-electron chi connectivity index (χ4n) is 2.85. The molecule has 0 aliphatic rings. The van der Waals surface area contributed by atoms with E-state index in [-0.39, 0.29) is 5.91 Å². The number of aryl methyl sites for hydroxylation is 1. The number of carbonyl (C=O) groups excluding carboxylic acids is 1. The summed E-state index contributed by atoms with van der Waals surface area (Å²) < 4.78 is 2.31. The van der Waals surface area contributed by atoms with E-state index in [1.165, 1.54) is 22.7 Å². The second-order valence-electron chi connectivity index (χ2n) is 5.94. The van der Waals surface area contributed by atoms with Gasteiger partial charge in [0.15, 0.2) is 5.13 Å². The first-order valence-electron chi connectivity index (χ1n) is 8.19.